The van der Waals surface area contributed by atoms with E-state index in [1.165, 1.54) is 5.56 Å². The van der Waals surface area contributed by atoms with Gasteiger partial charge in [0.15, 0.2) is 0 Å². The minimum absolute atomic E-state index is 0.285. The molecule has 1 aliphatic rings. The van der Waals surface area contributed by atoms with E-state index >= 15 is 0 Å². The smallest absolute Gasteiger partial charge is 0.136 e. The van der Waals surface area contributed by atoms with Crippen molar-refractivity contribution >= 4 is 5.78 Å². The van der Waals surface area contributed by atoms with Gasteiger partial charge in [-0.3, -0.25) is 4.79 Å². The van der Waals surface area contributed by atoms with Crippen LogP contribution in [-0.4, -0.2) is 5.78 Å². The maximum absolute atomic E-state index is 11.8. The van der Waals surface area contributed by atoms with Gasteiger partial charge in [-0.25, -0.2) is 0 Å². The molecule has 0 aromatic heterocycles. The largest absolute Gasteiger partial charge is 0.299 e. The zero-order valence-corrected chi connectivity index (χ0v) is 9.49. The van der Waals surface area contributed by atoms with Crippen molar-refractivity contribution in [2.75, 3.05) is 0 Å². The van der Waals surface area contributed by atoms with Gasteiger partial charge < -0.3 is 0 Å². The zero-order chi connectivity index (χ0) is 10.9. The molecule has 1 atom stereocenters. The molecule has 80 valence electrons. The summed E-state index contributed by atoms with van der Waals surface area (Å²) in [5.41, 5.74) is 1.55. The lowest BCUT2D eigenvalue weighted by molar-refractivity contribution is -0.120. The Labute approximate surface area is 91.5 Å². The minimum Gasteiger partial charge on any atom is -0.299 e. The molecule has 2 rings (SSSR count). The number of benzene rings is 1. The number of hydrogen-bond donors (Lipinski definition) is 0. The number of aryl methyl sites for hydroxylation is 1. The third-order valence-corrected chi connectivity index (χ3v) is 3.40. The summed E-state index contributed by atoms with van der Waals surface area (Å²) in [4.78, 5) is 11.8. The molecule has 15 heavy (non-hydrogen) atoms. The third kappa shape index (κ3) is 2.47. The highest BCUT2D eigenvalue weighted by Gasteiger charge is 2.49. The first kappa shape index (κ1) is 10.4. The average Bonchev–Trinajstić information content (AvgIpc) is 2.86. The Morgan fingerprint density at radius 1 is 1.33 bits per heavy atom. The molecule has 1 unspecified atom stereocenters. The summed E-state index contributed by atoms with van der Waals surface area (Å²) < 4.78 is 0. The van der Waals surface area contributed by atoms with E-state index in [9.17, 15) is 4.79 Å². The number of ketones is 1. The molecule has 0 radical (unpaired) electrons. The normalized spacial score (nSPS) is 22.4. The quantitative estimate of drug-likeness (QED) is 0.732. The number of carbonyl (C=O) groups excluding carboxylic acids is 1. The van der Waals surface area contributed by atoms with Crippen LogP contribution in [0.25, 0.3) is 0 Å². The van der Waals surface area contributed by atoms with E-state index in [4.69, 9.17) is 0 Å². The highest BCUT2D eigenvalue weighted by molar-refractivity contribution is 5.84. The summed E-state index contributed by atoms with van der Waals surface area (Å²) in [5, 5.41) is 0. The second-order valence-corrected chi connectivity index (χ2v) is 5.20. The van der Waals surface area contributed by atoms with Gasteiger partial charge in [0, 0.05) is 12.3 Å². The van der Waals surface area contributed by atoms with Gasteiger partial charge in [-0.1, -0.05) is 44.2 Å². The molecule has 1 nitrogen and oxygen atoms in total. The average molecular weight is 202 g/mol. The predicted octanol–water partition coefficient (Wildman–Crippen LogP) is 3.23. The van der Waals surface area contributed by atoms with Crippen molar-refractivity contribution < 1.29 is 4.79 Å². The fourth-order valence-corrected chi connectivity index (χ4v) is 2.10. The van der Waals surface area contributed by atoms with Crippen molar-refractivity contribution in [3.8, 4) is 0 Å². The van der Waals surface area contributed by atoms with Gasteiger partial charge in [0.1, 0.15) is 5.78 Å². The molecule has 0 aliphatic heterocycles. The van der Waals surface area contributed by atoms with Gasteiger partial charge >= 0.3 is 0 Å². The summed E-state index contributed by atoms with van der Waals surface area (Å²) in [5.74, 6) is 0.782. The zero-order valence-electron chi connectivity index (χ0n) is 9.49. The fraction of sp³-hybridized carbons (Fsp3) is 0.500. The lowest BCUT2D eigenvalue weighted by atomic mass is 10.0. The molecule has 1 fully saturated rings. The van der Waals surface area contributed by atoms with Gasteiger partial charge in [-0.2, -0.15) is 0 Å². The molecule has 0 bridgehead atoms. The first-order valence-corrected chi connectivity index (χ1v) is 5.66. The van der Waals surface area contributed by atoms with Crippen LogP contribution in [-0.2, 0) is 11.2 Å². The minimum atomic E-state index is 0.285. The molecular weight excluding hydrogens is 184 g/mol. The summed E-state index contributed by atoms with van der Waals surface area (Å²) in [6, 6.07) is 10.2. The Morgan fingerprint density at radius 2 is 1.93 bits per heavy atom. The van der Waals surface area contributed by atoms with E-state index in [1.807, 2.05) is 18.2 Å². The van der Waals surface area contributed by atoms with Crippen molar-refractivity contribution in [2.45, 2.75) is 33.1 Å². The van der Waals surface area contributed by atoms with E-state index in [1.54, 1.807) is 0 Å². The summed E-state index contributed by atoms with van der Waals surface area (Å²) in [7, 11) is 0. The predicted molar refractivity (Wildman–Crippen MR) is 61.7 cm³/mol. The van der Waals surface area contributed by atoms with Gasteiger partial charge in [0.25, 0.3) is 0 Å². The van der Waals surface area contributed by atoms with Crippen LogP contribution in [0.1, 0.15) is 32.3 Å². The Morgan fingerprint density at radius 3 is 2.47 bits per heavy atom. The van der Waals surface area contributed by atoms with Crippen LogP contribution < -0.4 is 0 Å². The van der Waals surface area contributed by atoms with Gasteiger partial charge in [0.2, 0.25) is 0 Å². The van der Waals surface area contributed by atoms with Crippen LogP contribution in [0.2, 0.25) is 0 Å². The number of rotatable bonds is 4. The lowest BCUT2D eigenvalue weighted by Crippen LogP contribution is -2.06. The molecular formula is C14H18O. The van der Waals surface area contributed by atoms with E-state index < -0.39 is 0 Å². The summed E-state index contributed by atoms with van der Waals surface area (Å²) >= 11 is 0. The lowest BCUT2D eigenvalue weighted by Gasteiger charge is -2.03. The standard InChI is InChI=1S/C14H18O/c1-14(2)10-12(14)13(15)9-8-11-6-4-3-5-7-11/h3-7,12H,8-10H2,1-2H3. The Kier molecular flexibility index (Phi) is 2.64. The van der Waals surface area contributed by atoms with E-state index in [0.29, 0.717) is 18.1 Å². The molecule has 1 aromatic rings. The van der Waals surface area contributed by atoms with Gasteiger partial charge in [0.05, 0.1) is 0 Å². The number of carbonyl (C=O) groups is 1. The molecule has 1 aromatic carbocycles. The highest BCUT2D eigenvalue weighted by atomic mass is 16.1. The fourth-order valence-electron chi connectivity index (χ4n) is 2.10. The Hall–Kier alpha value is -1.11. The maximum atomic E-state index is 11.8. The van der Waals surface area contributed by atoms with Crippen LogP contribution >= 0.6 is 0 Å². The molecule has 0 amide bonds. The SMILES string of the molecule is CC1(C)CC1C(=O)CCc1ccccc1. The molecule has 1 heteroatoms. The summed E-state index contributed by atoms with van der Waals surface area (Å²) in [6.45, 7) is 4.36. The monoisotopic (exact) mass is 202 g/mol. The van der Waals surface area contributed by atoms with Crippen molar-refractivity contribution in [1.29, 1.82) is 0 Å². The van der Waals surface area contributed by atoms with Crippen LogP contribution in [0.4, 0.5) is 0 Å². The van der Waals surface area contributed by atoms with Crippen molar-refractivity contribution in [1.82, 2.24) is 0 Å². The topological polar surface area (TPSA) is 17.1 Å². The first-order valence-electron chi connectivity index (χ1n) is 5.66. The van der Waals surface area contributed by atoms with Crippen LogP contribution in [0.15, 0.2) is 30.3 Å². The van der Waals surface area contributed by atoms with Crippen LogP contribution in [0.3, 0.4) is 0 Å². The Balaban J connectivity index is 1.82. The second-order valence-electron chi connectivity index (χ2n) is 5.20. The number of hydrogen-bond acceptors (Lipinski definition) is 1. The molecule has 0 saturated heterocycles. The van der Waals surface area contributed by atoms with E-state index in [0.717, 1.165) is 12.8 Å². The van der Waals surface area contributed by atoms with Crippen molar-refractivity contribution in [2.24, 2.45) is 11.3 Å². The molecule has 1 saturated carbocycles. The summed E-state index contributed by atoms with van der Waals surface area (Å²) in [6.07, 6.45) is 2.69. The first-order chi connectivity index (χ1) is 7.09. The Bertz CT molecular complexity index is 351. The van der Waals surface area contributed by atoms with Gasteiger partial charge in [-0.15, -0.1) is 0 Å². The third-order valence-electron chi connectivity index (χ3n) is 3.40. The van der Waals surface area contributed by atoms with Gasteiger partial charge in [-0.05, 0) is 23.8 Å². The molecule has 0 spiro atoms. The van der Waals surface area contributed by atoms with E-state index in [2.05, 4.69) is 26.0 Å². The number of Topliss-reactive ketones (excluding diaryl/α,β-unsaturated/α-hetero) is 1. The maximum Gasteiger partial charge on any atom is 0.136 e. The highest BCUT2D eigenvalue weighted by Crippen LogP contribution is 2.52. The van der Waals surface area contributed by atoms with Crippen LogP contribution in [0.5, 0.6) is 0 Å². The van der Waals surface area contributed by atoms with Crippen LogP contribution in [0, 0.1) is 11.3 Å². The molecule has 0 N–H and O–H groups in total. The second kappa shape index (κ2) is 3.80. The van der Waals surface area contributed by atoms with E-state index in [-0.39, 0.29) is 5.41 Å². The molecule has 0 heterocycles. The van der Waals surface area contributed by atoms with Crippen molar-refractivity contribution in [3.63, 3.8) is 0 Å². The van der Waals surface area contributed by atoms with Crippen molar-refractivity contribution in [3.05, 3.63) is 35.9 Å². The molecule has 1 aliphatic carbocycles.